The van der Waals surface area contributed by atoms with Gasteiger partial charge in [0.2, 0.25) is 10.0 Å². The van der Waals surface area contributed by atoms with E-state index in [9.17, 15) is 13.2 Å². The molecule has 0 aliphatic carbocycles. The maximum absolute atomic E-state index is 12.1. The largest absolute Gasteiger partial charge is 0.323 e. The molecule has 2 aromatic carbocycles. The van der Waals surface area contributed by atoms with E-state index in [0.29, 0.717) is 21.4 Å². The van der Waals surface area contributed by atoms with Crippen LogP contribution in [-0.4, -0.2) is 32.8 Å². The molecule has 128 valence electrons. The Hall–Kier alpha value is -1.80. The number of carbonyl (C=O) groups excluding carboxylic acids is 1. The van der Waals surface area contributed by atoms with E-state index in [1.807, 2.05) is 0 Å². The molecular weight excluding hydrogens is 373 g/mol. The average Bonchev–Trinajstić information content (AvgIpc) is 2.51. The monoisotopic (exact) mass is 387 g/mol. The molecule has 0 aliphatic rings. The molecule has 0 unspecified atom stereocenters. The van der Waals surface area contributed by atoms with Crippen molar-refractivity contribution in [1.29, 1.82) is 0 Å². The van der Waals surface area contributed by atoms with Gasteiger partial charge in [0.25, 0.3) is 0 Å². The minimum Gasteiger partial charge on any atom is -0.308 e. The van der Waals surface area contributed by atoms with Gasteiger partial charge < -0.3 is 10.6 Å². The minimum absolute atomic E-state index is 0.0832. The second-order valence-electron chi connectivity index (χ2n) is 5.02. The molecule has 0 heterocycles. The zero-order valence-corrected chi connectivity index (χ0v) is 15.2. The van der Waals surface area contributed by atoms with Crippen molar-refractivity contribution in [2.75, 3.05) is 24.7 Å². The van der Waals surface area contributed by atoms with Gasteiger partial charge in [-0.05, 0) is 36.4 Å². The molecule has 6 nitrogen and oxygen atoms in total. The predicted octanol–water partition coefficient (Wildman–Crippen LogP) is 3.89. The van der Waals surface area contributed by atoms with Gasteiger partial charge in [-0.1, -0.05) is 29.3 Å². The summed E-state index contributed by atoms with van der Waals surface area (Å²) in [5, 5.41) is 5.85. The fourth-order valence-corrected chi connectivity index (χ4v) is 3.06. The Bertz CT molecular complexity index is 870. The number of benzene rings is 2. The molecule has 0 bridgehead atoms. The van der Waals surface area contributed by atoms with Gasteiger partial charge >= 0.3 is 6.03 Å². The van der Waals surface area contributed by atoms with Crippen LogP contribution in [0.3, 0.4) is 0 Å². The lowest BCUT2D eigenvalue weighted by Crippen LogP contribution is -2.23. The molecule has 2 aromatic rings. The number of nitrogens with one attached hydrogen (secondary N) is 2. The van der Waals surface area contributed by atoms with E-state index in [1.165, 1.54) is 32.3 Å². The van der Waals surface area contributed by atoms with Crippen LogP contribution in [0.4, 0.5) is 16.2 Å². The number of amides is 2. The normalized spacial score (nSPS) is 11.4. The molecule has 0 saturated heterocycles. The molecule has 2 amide bonds. The molecule has 0 spiro atoms. The Kier molecular flexibility index (Phi) is 5.71. The summed E-state index contributed by atoms with van der Waals surface area (Å²) in [5.74, 6) is 0. The van der Waals surface area contributed by atoms with Crippen molar-refractivity contribution in [3.8, 4) is 0 Å². The van der Waals surface area contributed by atoms with Crippen molar-refractivity contribution in [1.82, 2.24) is 4.31 Å². The third-order valence-corrected chi connectivity index (χ3v) is 5.60. The van der Waals surface area contributed by atoms with Crippen LogP contribution in [-0.2, 0) is 10.0 Å². The summed E-state index contributed by atoms with van der Waals surface area (Å²) < 4.78 is 25.3. The first-order valence-corrected chi connectivity index (χ1v) is 8.95. The first kappa shape index (κ1) is 18.5. The SMILES string of the molecule is CN(C)S(=O)(=O)c1cccc(NC(=O)Nc2ccc(Cl)c(Cl)c2)c1. The van der Waals surface area contributed by atoms with Gasteiger partial charge in [-0.2, -0.15) is 0 Å². The quantitative estimate of drug-likeness (QED) is 0.834. The van der Waals surface area contributed by atoms with Crippen molar-refractivity contribution >= 4 is 50.6 Å². The Balaban J connectivity index is 2.13. The zero-order chi connectivity index (χ0) is 17.9. The van der Waals surface area contributed by atoms with Gasteiger partial charge in [-0.25, -0.2) is 17.5 Å². The maximum Gasteiger partial charge on any atom is 0.323 e. The van der Waals surface area contributed by atoms with E-state index in [-0.39, 0.29) is 4.90 Å². The highest BCUT2D eigenvalue weighted by atomic mass is 35.5. The average molecular weight is 388 g/mol. The topological polar surface area (TPSA) is 78.5 Å². The van der Waals surface area contributed by atoms with Gasteiger partial charge in [0.15, 0.2) is 0 Å². The van der Waals surface area contributed by atoms with E-state index in [1.54, 1.807) is 24.3 Å². The Labute approximate surface area is 150 Å². The number of urea groups is 1. The summed E-state index contributed by atoms with van der Waals surface area (Å²) in [6, 6.07) is 10.1. The maximum atomic E-state index is 12.1. The Morgan fingerprint density at radius 3 is 2.17 bits per heavy atom. The minimum atomic E-state index is -3.57. The first-order valence-electron chi connectivity index (χ1n) is 6.76. The molecule has 0 radical (unpaired) electrons. The van der Waals surface area contributed by atoms with Crippen LogP contribution in [0.1, 0.15) is 0 Å². The smallest absolute Gasteiger partial charge is 0.308 e. The molecule has 0 aromatic heterocycles. The number of rotatable bonds is 4. The summed E-state index contributed by atoms with van der Waals surface area (Å²) in [5.41, 5.74) is 0.800. The van der Waals surface area contributed by atoms with Crippen LogP contribution in [0.5, 0.6) is 0 Å². The highest BCUT2D eigenvalue weighted by Crippen LogP contribution is 2.25. The molecule has 2 rings (SSSR count). The highest BCUT2D eigenvalue weighted by molar-refractivity contribution is 7.89. The van der Waals surface area contributed by atoms with Gasteiger partial charge in [-0.3, -0.25) is 0 Å². The van der Waals surface area contributed by atoms with Gasteiger partial charge in [-0.15, -0.1) is 0 Å². The summed E-state index contributed by atoms with van der Waals surface area (Å²) in [4.78, 5) is 12.1. The third kappa shape index (κ3) is 4.39. The number of hydrogen-bond donors (Lipinski definition) is 2. The van der Waals surface area contributed by atoms with Crippen LogP contribution < -0.4 is 10.6 Å². The first-order chi connectivity index (χ1) is 11.2. The number of hydrogen-bond acceptors (Lipinski definition) is 3. The van der Waals surface area contributed by atoms with Crippen LogP contribution in [0.25, 0.3) is 0 Å². The van der Waals surface area contributed by atoms with Crippen molar-refractivity contribution in [2.45, 2.75) is 4.90 Å². The lowest BCUT2D eigenvalue weighted by molar-refractivity contribution is 0.262. The third-order valence-electron chi connectivity index (χ3n) is 3.05. The van der Waals surface area contributed by atoms with E-state index in [4.69, 9.17) is 23.2 Å². The highest BCUT2D eigenvalue weighted by Gasteiger charge is 2.17. The van der Waals surface area contributed by atoms with Crippen LogP contribution in [0.15, 0.2) is 47.4 Å². The lowest BCUT2D eigenvalue weighted by atomic mass is 10.3. The number of nitrogens with zero attached hydrogens (tertiary/aromatic N) is 1. The Morgan fingerprint density at radius 2 is 1.58 bits per heavy atom. The molecule has 0 saturated carbocycles. The summed E-state index contributed by atoms with van der Waals surface area (Å²) in [6.07, 6.45) is 0. The molecule has 0 aliphatic heterocycles. The fraction of sp³-hybridized carbons (Fsp3) is 0.133. The molecule has 0 fully saturated rings. The van der Waals surface area contributed by atoms with E-state index in [0.717, 1.165) is 4.31 Å². The van der Waals surface area contributed by atoms with Crippen LogP contribution >= 0.6 is 23.2 Å². The summed E-state index contributed by atoms with van der Waals surface area (Å²) >= 11 is 11.7. The predicted molar refractivity (Wildman–Crippen MR) is 96.4 cm³/mol. The number of carbonyl (C=O) groups is 1. The number of sulfonamides is 1. The van der Waals surface area contributed by atoms with Crippen molar-refractivity contribution in [2.24, 2.45) is 0 Å². The van der Waals surface area contributed by atoms with Crippen molar-refractivity contribution < 1.29 is 13.2 Å². The second-order valence-corrected chi connectivity index (χ2v) is 7.99. The van der Waals surface area contributed by atoms with E-state index < -0.39 is 16.1 Å². The van der Waals surface area contributed by atoms with Gasteiger partial charge in [0.1, 0.15) is 0 Å². The standard InChI is InChI=1S/C15H15Cl2N3O3S/c1-20(2)24(22,23)12-5-3-4-10(8-12)18-15(21)19-11-6-7-13(16)14(17)9-11/h3-9H,1-2H3,(H2,18,19,21). The molecule has 0 atom stereocenters. The fourth-order valence-electron chi connectivity index (χ4n) is 1.81. The van der Waals surface area contributed by atoms with Crippen molar-refractivity contribution in [3.05, 3.63) is 52.5 Å². The van der Waals surface area contributed by atoms with Gasteiger partial charge in [0.05, 0.1) is 14.9 Å². The number of anilines is 2. The second kappa shape index (κ2) is 7.40. The van der Waals surface area contributed by atoms with Gasteiger partial charge in [0, 0.05) is 25.5 Å². The number of halogens is 2. The lowest BCUT2D eigenvalue weighted by Gasteiger charge is -2.13. The van der Waals surface area contributed by atoms with E-state index >= 15 is 0 Å². The summed E-state index contributed by atoms with van der Waals surface area (Å²) in [7, 11) is -0.701. The molecule has 9 heteroatoms. The zero-order valence-electron chi connectivity index (χ0n) is 12.9. The van der Waals surface area contributed by atoms with Crippen LogP contribution in [0, 0.1) is 0 Å². The molecular formula is C15H15Cl2N3O3S. The molecule has 24 heavy (non-hydrogen) atoms. The summed E-state index contributed by atoms with van der Waals surface area (Å²) in [6.45, 7) is 0. The van der Waals surface area contributed by atoms with Crippen molar-refractivity contribution in [3.63, 3.8) is 0 Å². The Morgan fingerprint density at radius 1 is 0.958 bits per heavy atom. The van der Waals surface area contributed by atoms with Crippen LogP contribution in [0.2, 0.25) is 10.0 Å². The molecule has 2 N–H and O–H groups in total. The van der Waals surface area contributed by atoms with E-state index in [2.05, 4.69) is 10.6 Å².